The lowest BCUT2D eigenvalue weighted by Crippen LogP contribution is -2.47. The quantitative estimate of drug-likeness (QED) is 0.654. The molecule has 1 saturated heterocycles. The number of ether oxygens (including phenoxy) is 1. The molecule has 25 heavy (non-hydrogen) atoms. The number of sulfonamides is 1. The molecule has 1 amide bonds. The van der Waals surface area contributed by atoms with Crippen LogP contribution in [0.5, 0.6) is 0 Å². The zero-order valence-corrected chi connectivity index (χ0v) is 15.5. The van der Waals surface area contributed by atoms with Gasteiger partial charge in [0.2, 0.25) is 10.0 Å². The third kappa shape index (κ3) is 5.61. The number of nitrogens with one attached hydrogen (secondary N) is 2. The number of rotatable bonds is 6. The fraction of sp³-hybridized carbons (Fsp3) is 0.533. The number of halogens is 2. The van der Waals surface area contributed by atoms with Gasteiger partial charge in [0.25, 0.3) is 5.91 Å². The SMILES string of the molecule is COCC1(CNC(=O)c2ccc(S(N)(=O)=O)c(F)c2)CCNCC1.Cl. The van der Waals surface area contributed by atoms with Crippen LogP contribution in [0.15, 0.2) is 23.1 Å². The van der Waals surface area contributed by atoms with Crippen molar-refractivity contribution < 1.29 is 22.3 Å². The van der Waals surface area contributed by atoms with Crippen LogP contribution in [0.2, 0.25) is 0 Å². The molecule has 1 aliphatic rings. The van der Waals surface area contributed by atoms with Crippen molar-refractivity contribution in [3.63, 3.8) is 0 Å². The first kappa shape index (κ1) is 21.8. The van der Waals surface area contributed by atoms with Crippen LogP contribution in [0, 0.1) is 11.2 Å². The number of benzene rings is 1. The summed E-state index contributed by atoms with van der Waals surface area (Å²) in [6.07, 6.45) is 1.72. The predicted octanol–water partition coefficient (Wildman–Crippen LogP) is 0.641. The number of methoxy groups -OCH3 is 1. The van der Waals surface area contributed by atoms with Gasteiger partial charge in [-0.2, -0.15) is 0 Å². The van der Waals surface area contributed by atoms with E-state index in [2.05, 4.69) is 10.6 Å². The van der Waals surface area contributed by atoms with E-state index in [1.165, 1.54) is 6.07 Å². The molecular weight excluding hydrogens is 373 g/mol. The van der Waals surface area contributed by atoms with Crippen LogP contribution in [0.1, 0.15) is 23.2 Å². The van der Waals surface area contributed by atoms with Crippen molar-refractivity contribution in [1.82, 2.24) is 10.6 Å². The Morgan fingerprint density at radius 1 is 1.40 bits per heavy atom. The lowest BCUT2D eigenvalue weighted by Gasteiger charge is -2.37. The van der Waals surface area contributed by atoms with E-state index < -0.39 is 26.6 Å². The molecule has 1 aromatic rings. The highest BCUT2D eigenvalue weighted by atomic mass is 35.5. The molecule has 0 aliphatic carbocycles. The number of carbonyl (C=O) groups is 1. The normalized spacial score (nSPS) is 16.8. The smallest absolute Gasteiger partial charge is 0.251 e. The molecule has 1 aromatic carbocycles. The van der Waals surface area contributed by atoms with Crippen molar-refractivity contribution in [2.24, 2.45) is 10.6 Å². The first-order chi connectivity index (χ1) is 11.3. The third-order valence-corrected chi connectivity index (χ3v) is 5.18. The molecule has 0 aromatic heterocycles. The minimum atomic E-state index is -4.15. The molecular formula is C15H23ClFN3O4S. The molecule has 7 nitrogen and oxygen atoms in total. The van der Waals surface area contributed by atoms with Gasteiger partial charge in [-0.15, -0.1) is 12.4 Å². The molecule has 1 fully saturated rings. The Bertz CT molecular complexity index is 703. The van der Waals surface area contributed by atoms with Crippen LogP contribution in [0.25, 0.3) is 0 Å². The molecule has 2 rings (SSSR count). The van der Waals surface area contributed by atoms with Crippen LogP contribution in [-0.4, -0.2) is 47.7 Å². The summed E-state index contributed by atoms with van der Waals surface area (Å²) < 4.78 is 41.5. The molecule has 4 N–H and O–H groups in total. The van der Waals surface area contributed by atoms with Crippen LogP contribution >= 0.6 is 12.4 Å². The number of hydrogen-bond acceptors (Lipinski definition) is 5. The van der Waals surface area contributed by atoms with E-state index in [-0.39, 0.29) is 23.4 Å². The summed E-state index contributed by atoms with van der Waals surface area (Å²) in [7, 11) is -2.53. The van der Waals surface area contributed by atoms with Crippen molar-refractivity contribution >= 4 is 28.3 Å². The topological polar surface area (TPSA) is 111 Å². The Morgan fingerprint density at radius 3 is 2.56 bits per heavy atom. The summed E-state index contributed by atoms with van der Waals surface area (Å²) in [6, 6.07) is 3.11. The van der Waals surface area contributed by atoms with Gasteiger partial charge in [0.05, 0.1) is 6.61 Å². The molecule has 0 saturated carbocycles. The highest BCUT2D eigenvalue weighted by molar-refractivity contribution is 7.89. The van der Waals surface area contributed by atoms with Gasteiger partial charge in [-0.05, 0) is 44.1 Å². The van der Waals surface area contributed by atoms with Gasteiger partial charge in [0.15, 0.2) is 0 Å². The average molecular weight is 396 g/mol. The van der Waals surface area contributed by atoms with Crippen LogP contribution < -0.4 is 15.8 Å². The summed E-state index contributed by atoms with van der Waals surface area (Å²) in [4.78, 5) is 11.6. The number of hydrogen-bond donors (Lipinski definition) is 3. The van der Waals surface area contributed by atoms with Gasteiger partial charge in [-0.25, -0.2) is 17.9 Å². The fourth-order valence-corrected chi connectivity index (χ4v) is 3.47. The van der Waals surface area contributed by atoms with E-state index in [0.717, 1.165) is 38.1 Å². The number of amides is 1. The maximum atomic E-state index is 13.8. The summed E-state index contributed by atoms with van der Waals surface area (Å²) in [5, 5.41) is 10.9. The molecule has 1 aliphatic heterocycles. The molecule has 0 unspecified atom stereocenters. The monoisotopic (exact) mass is 395 g/mol. The Morgan fingerprint density at radius 2 is 2.04 bits per heavy atom. The summed E-state index contributed by atoms with van der Waals surface area (Å²) in [5.74, 6) is -1.51. The second-order valence-electron chi connectivity index (χ2n) is 6.06. The summed E-state index contributed by atoms with van der Waals surface area (Å²) in [5.41, 5.74) is -0.115. The van der Waals surface area contributed by atoms with Gasteiger partial charge in [0, 0.05) is 24.6 Å². The standard InChI is InChI=1S/C15H22FN3O4S.ClH/c1-23-10-15(4-6-18-7-5-15)9-19-14(20)11-2-3-13(12(16)8-11)24(17,21)22;/h2-3,8,18H,4-7,9-10H2,1H3,(H,19,20)(H2,17,21,22);1H. The zero-order chi connectivity index (χ0) is 17.8. The largest absolute Gasteiger partial charge is 0.384 e. The van der Waals surface area contributed by atoms with E-state index in [4.69, 9.17) is 9.88 Å². The Kier molecular flexibility index (Phi) is 7.76. The van der Waals surface area contributed by atoms with Gasteiger partial charge in [-0.3, -0.25) is 4.79 Å². The maximum absolute atomic E-state index is 13.8. The fourth-order valence-electron chi connectivity index (χ4n) is 2.88. The molecule has 142 valence electrons. The lowest BCUT2D eigenvalue weighted by molar-refractivity contribution is 0.0511. The molecule has 0 spiro atoms. The van der Waals surface area contributed by atoms with E-state index in [0.29, 0.717) is 13.2 Å². The zero-order valence-electron chi connectivity index (χ0n) is 13.9. The van der Waals surface area contributed by atoms with Crippen molar-refractivity contribution in [3.05, 3.63) is 29.6 Å². The van der Waals surface area contributed by atoms with Gasteiger partial charge < -0.3 is 15.4 Å². The van der Waals surface area contributed by atoms with Crippen LogP contribution in [0.3, 0.4) is 0 Å². The lowest BCUT2D eigenvalue weighted by atomic mass is 9.79. The first-order valence-electron chi connectivity index (χ1n) is 7.58. The number of piperidine rings is 1. The number of carbonyl (C=O) groups excluding carboxylic acids is 1. The molecule has 10 heteroatoms. The van der Waals surface area contributed by atoms with Gasteiger partial charge >= 0.3 is 0 Å². The second kappa shape index (κ2) is 8.91. The van der Waals surface area contributed by atoms with Crippen molar-refractivity contribution in [2.45, 2.75) is 17.7 Å². The minimum absolute atomic E-state index is 0. The minimum Gasteiger partial charge on any atom is -0.384 e. The molecule has 0 radical (unpaired) electrons. The van der Waals surface area contributed by atoms with E-state index in [9.17, 15) is 17.6 Å². The second-order valence-corrected chi connectivity index (χ2v) is 7.59. The summed E-state index contributed by atoms with van der Waals surface area (Å²) >= 11 is 0. The highest BCUT2D eigenvalue weighted by Crippen LogP contribution is 2.28. The predicted molar refractivity (Wildman–Crippen MR) is 93.8 cm³/mol. The molecule has 1 heterocycles. The van der Waals surface area contributed by atoms with E-state index in [1.54, 1.807) is 7.11 Å². The van der Waals surface area contributed by atoms with Gasteiger partial charge in [-0.1, -0.05) is 0 Å². The average Bonchev–Trinajstić information content (AvgIpc) is 2.52. The van der Waals surface area contributed by atoms with Crippen LogP contribution in [0.4, 0.5) is 4.39 Å². The Hall–Kier alpha value is -1.26. The number of primary sulfonamides is 1. The van der Waals surface area contributed by atoms with Crippen molar-refractivity contribution in [1.29, 1.82) is 0 Å². The summed E-state index contributed by atoms with van der Waals surface area (Å²) in [6.45, 7) is 2.61. The molecule has 0 bridgehead atoms. The van der Waals surface area contributed by atoms with E-state index in [1.807, 2.05) is 0 Å². The van der Waals surface area contributed by atoms with E-state index >= 15 is 0 Å². The molecule has 0 atom stereocenters. The number of nitrogens with two attached hydrogens (primary N) is 1. The highest BCUT2D eigenvalue weighted by Gasteiger charge is 2.32. The third-order valence-electron chi connectivity index (χ3n) is 4.24. The van der Waals surface area contributed by atoms with Crippen molar-refractivity contribution in [2.75, 3.05) is 33.4 Å². The van der Waals surface area contributed by atoms with Crippen LogP contribution in [-0.2, 0) is 14.8 Å². The van der Waals surface area contributed by atoms with Crippen molar-refractivity contribution in [3.8, 4) is 0 Å². The maximum Gasteiger partial charge on any atom is 0.251 e. The Balaban J connectivity index is 0.00000312. The Labute approximate surface area is 153 Å². The van der Waals surface area contributed by atoms with Gasteiger partial charge in [0.1, 0.15) is 10.7 Å². The first-order valence-corrected chi connectivity index (χ1v) is 9.12.